The maximum Gasteiger partial charge on any atom is 0.160 e. The van der Waals surface area contributed by atoms with E-state index in [0.29, 0.717) is 16.5 Å². The molecule has 2 rings (SSSR count). The molecule has 0 saturated heterocycles. The number of halogens is 2. The number of aryl methyl sites for hydroxylation is 1. The van der Waals surface area contributed by atoms with Gasteiger partial charge in [-0.1, -0.05) is 53.5 Å². The predicted molar refractivity (Wildman–Crippen MR) is 80.5 cm³/mol. The monoisotopic (exact) mass is 292 g/mol. The van der Waals surface area contributed by atoms with Crippen LogP contribution in [-0.4, -0.2) is 5.78 Å². The summed E-state index contributed by atoms with van der Waals surface area (Å²) in [5, 5.41) is 1.31. The summed E-state index contributed by atoms with van der Waals surface area (Å²) >= 11 is 12.5. The molecule has 2 aromatic rings. The Morgan fingerprint density at radius 2 is 1.79 bits per heavy atom. The first kappa shape index (κ1) is 14.1. The molecule has 0 N–H and O–H groups in total. The molecule has 0 spiro atoms. The van der Waals surface area contributed by atoms with Gasteiger partial charge >= 0.3 is 0 Å². The number of ketones is 1. The number of Topliss-reactive ketones (excluding diaryl/α,β-unsaturated/α-hetero) is 1. The van der Waals surface area contributed by atoms with Gasteiger partial charge in [-0.15, -0.1) is 0 Å². The lowest BCUT2D eigenvalue weighted by molar-refractivity contribution is 0.101. The zero-order valence-electron chi connectivity index (χ0n) is 10.8. The Morgan fingerprint density at radius 1 is 1.11 bits per heavy atom. The minimum Gasteiger partial charge on any atom is -0.295 e. The average Bonchev–Trinajstić information content (AvgIpc) is 2.39. The highest BCUT2D eigenvalue weighted by Gasteiger charge is 2.12. The van der Waals surface area contributed by atoms with Gasteiger partial charge in [-0.2, -0.15) is 0 Å². The van der Waals surface area contributed by atoms with Crippen molar-refractivity contribution in [3.63, 3.8) is 0 Å². The number of carbonyl (C=O) groups is 1. The van der Waals surface area contributed by atoms with Crippen LogP contribution in [-0.2, 0) is 6.42 Å². The van der Waals surface area contributed by atoms with Crippen LogP contribution >= 0.6 is 23.2 Å². The Bertz CT molecular complexity index is 633. The third-order valence-corrected chi connectivity index (χ3v) is 4.02. The lowest BCUT2D eigenvalue weighted by atomic mass is 9.97. The molecule has 2 aromatic carbocycles. The van der Waals surface area contributed by atoms with Crippen molar-refractivity contribution in [2.24, 2.45) is 0 Å². The number of hydrogen-bond donors (Lipinski definition) is 0. The fourth-order valence-corrected chi connectivity index (χ4v) is 2.59. The maximum atomic E-state index is 11.6. The van der Waals surface area contributed by atoms with Crippen molar-refractivity contribution in [3.05, 3.63) is 68.7 Å². The van der Waals surface area contributed by atoms with E-state index in [1.165, 1.54) is 0 Å². The van der Waals surface area contributed by atoms with Crippen molar-refractivity contribution in [2.45, 2.75) is 20.3 Å². The quantitative estimate of drug-likeness (QED) is 0.720. The maximum absolute atomic E-state index is 11.6. The molecule has 0 heterocycles. The molecule has 0 radical (unpaired) electrons. The molecule has 3 heteroatoms. The van der Waals surface area contributed by atoms with Crippen LogP contribution in [0.5, 0.6) is 0 Å². The van der Waals surface area contributed by atoms with E-state index in [4.69, 9.17) is 23.2 Å². The highest BCUT2D eigenvalue weighted by Crippen LogP contribution is 2.30. The standard InChI is InChI=1S/C16H14Cl2O/c1-10-7-8-15(17)14(16(10)18)9-12-5-3-4-6-13(12)11(2)19/h3-8H,9H2,1-2H3. The molecule has 0 bridgehead atoms. The molecular weight excluding hydrogens is 279 g/mol. The molecule has 0 atom stereocenters. The van der Waals surface area contributed by atoms with E-state index in [1.54, 1.807) is 6.92 Å². The third-order valence-electron chi connectivity index (χ3n) is 3.14. The molecule has 0 unspecified atom stereocenters. The van der Waals surface area contributed by atoms with Gasteiger partial charge in [0.25, 0.3) is 0 Å². The second kappa shape index (κ2) is 5.77. The minimum absolute atomic E-state index is 0.0514. The molecule has 0 fully saturated rings. The summed E-state index contributed by atoms with van der Waals surface area (Å²) in [4.78, 5) is 11.6. The van der Waals surface area contributed by atoms with E-state index in [1.807, 2.05) is 43.3 Å². The normalized spacial score (nSPS) is 10.5. The van der Waals surface area contributed by atoms with Gasteiger partial charge in [-0.05, 0) is 36.6 Å². The molecular formula is C16H14Cl2O. The van der Waals surface area contributed by atoms with Crippen LogP contribution in [0.3, 0.4) is 0 Å². The summed E-state index contributed by atoms with van der Waals surface area (Å²) in [5.41, 5.74) is 3.53. The fraction of sp³-hybridized carbons (Fsp3) is 0.188. The molecule has 0 amide bonds. The molecule has 0 aromatic heterocycles. The van der Waals surface area contributed by atoms with Crippen molar-refractivity contribution < 1.29 is 4.79 Å². The summed E-state index contributed by atoms with van der Waals surface area (Å²) in [6.07, 6.45) is 0.565. The van der Waals surface area contributed by atoms with E-state index in [2.05, 4.69) is 0 Å². The highest BCUT2D eigenvalue weighted by atomic mass is 35.5. The summed E-state index contributed by atoms with van der Waals surface area (Å²) < 4.78 is 0. The number of rotatable bonds is 3. The van der Waals surface area contributed by atoms with E-state index in [-0.39, 0.29) is 5.78 Å². The summed E-state index contributed by atoms with van der Waals surface area (Å²) in [5.74, 6) is 0.0514. The second-order valence-electron chi connectivity index (χ2n) is 4.55. The van der Waals surface area contributed by atoms with Crippen molar-refractivity contribution >= 4 is 29.0 Å². The largest absolute Gasteiger partial charge is 0.295 e. The molecule has 0 saturated carbocycles. The van der Waals surface area contributed by atoms with E-state index >= 15 is 0 Å². The highest BCUT2D eigenvalue weighted by molar-refractivity contribution is 6.36. The van der Waals surface area contributed by atoms with Gasteiger partial charge < -0.3 is 0 Å². The molecule has 0 aliphatic heterocycles. The first-order chi connectivity index (χ1) is 9.00. The molecule has 1 nitrogen and oxygen atoms in total. The topological polar surface area (TPSA) is 17.1 Å². The van der Waals surface area contributed by atoms with Crippen LogP contribution in [0.1, 0.15) is 34.0 Å². The van der Waals surface area contributed by atoms with Crippen molar-refractivity contribution in [1.29, 1.82) is 0 Å². The number of benzene rings is 2. The molecule has 0 aliphatic rings. The van der Waals surface area contributed by atoms with E-state index in [0.717, 1.165) is 22.3 Å². The van der Waals surface area contributed by atoms with Crippen LogP contribution < -0.4 is 0 Å². The van der Waals surface area contributed by atoms with Crippen molar-refractivity contribution in [1.82, 2.24) is 0 Å². The van der Waals surface area contributed by atoms with E-state index < -0.39 is 0 Å². The SMILES string of the molecule is CC(=O)c1ccccc1Cc1c(Cl)ccc(C)c1Cl. The zero-order chi connectivity index (χ0) is 14.0. The van der Waals surface area contributed by atoms with Crippen LogP contribution in [0.2, 0.25) is 10.0 Å². The molecule has 19 heavy (non-hydrogen) atoms. The van der Waals surface area contributed by atoms with Crippen LogP contribution in [0, 0.1) is 6.92 Å². The van der Waals surface area contributed by atoms with Crippen LogP contribution in [0.4, 0.5) is 0 Å². The van der Waals surface area contributed by atoms with Gasteiger partial charge in [-0.25, -0.2) is 0 Å². The third kappa shape index (κ3) is 2.99. The van der Waals surface area contributed by atoms with Gasteiger partial charge in [0.1, 0.15) is 0 Å². The molecule has 0 aliphatic carbocycles. The lowest BCUT2D eigenvalue weighted by Gasteiger charge is -2.11. The first-order valence-corrected chi connectivity index (χ1v) is 6.78. The Balaban J connectivity index is 2.48. The van der Waals surface area contributed by atoms with Crippen LogP contribution in [0.25, 0.3) is 0 Å². The predicted octanol–water partition coefficient (Wildman–Crippen LogP) is 5.10. The van der Waals surface area contributed by atoms with Gasteiger partial charge in [-0.3, -0.25) is 4.79 Å². The Labute approximate surface area is 123 Å². The summed E-state index contributed by atoms with van der Waals surface area (Å²) in [7, 11) is 0. The Hall–Kier alpha value is -1.31. The van der Waals surface area contributed by atoms with Crippen molar-refractivity contribution in [3.8, 4) is 0 Å². The fourth-order valence-electron chi connectivity index (χ4n) is 2.09. The van der Waals surface area contributed by atoms with E-state index in [9.17, 15) is 4.79 Å². The summed E-state index contributed by atoms with van der Waals surface area (Å²) in [6, 6.07) is 11.3. The Morgan fingerprint density at radius 3 is 2.47 bits per heavy atom. The van der Waals surface area contributed by atoms with Gasteiger partial charge in [0.05, 0.1) is 0 Å². The molecule has 98 valence electrons. The van der Waals surface area contributed by atoms with Crippen molar-refractivity contribution in [2.75, 3.05) is 0 Å². The van der Waals surface area contributed by atoms with Gasteiger partial charge in [0.15, 0.2) is 5.78 Å². The number of carbonyl (C=O) groups excluding carboxylic acids is 1. The van der Waals surface area contributed by atoms with Gasteiger partial charge in [0.2, 0.25) is 0 Å². The lowest BCUT2D eigenvalue weighted by Crippen LogP contribution is -2.01. The zero-order valence-corrected chi connectivity index (χ0v) is 12.3. The smallest absolute Gasteiger partial charge is 0.160 e. The minimum atomic E-state index is 0.0514. The van der Waals surface area contributed by atoms with Gasteiger partial charge in [0, 0.05) is 22.0 Å². The first-order valence-electron chi connectivity index (χ1n) is 6.03. The summed E-state index contributed by atoms with van der Waals surface area (Å²) in [6.45, 7) is 3.51. The average molecular weight is 293 g/mol. The Kier molecular flexibility index (Phi) is 4.28. The second-order valence-corrected chi connectivity index (χ2v) is 5.33. The number of hydrogen-bond acceptors (Lipinski definition) is 1. The van der Waals surface area contributed by atoms with Crippen LogP contribution in [0.15, 0.2) is 36.4 Å².